The van der Waals surface area contributed by atoms with E-state index in [2.05, 4.69) is 54.6 Å². The van der Waals surface area contributed by atoms with Gasteiger partial charge in [-0.05, 0) is 36.4 Å². The van der Waals surface area contributed by atoms with E-state index in [0.29, 0.717) is 0 Å². The normalized spacial score (nSPS) is 11.3. The highest BCUT2D eigenvalue weighted by atomic mass is 14.9. The summed E-state index contributed by atoms with van der Waals surface area (Å²) in [4.78, 5) is 25.3. The zero-order valence-electron chi connectivity index (χ0n) is 22.5. The number of hydrogen-bond donors (Lipinski definition) is 0. The molecule has 0 fully saturated rings. The Kier molecular flexibility index (Phi) is 5.71. The molecule has 0 saturated heterocycles. The molecule has 0 N–H and O–H groups in total. The van der Waals surface area contributed by atoms with E-state index in [1.165, 1.54) is 0 Å². The van der Waals surface area contributed by atoms with Crippen LogP contribution in [0.1, 0.15) is 0 Å². The smallest absolute Gasteiger partial charge is 0.0995 e. The first-order chi connectivity index (χ1) is 20.8. The molecule has 0 aliphatic rings. The zero-order chi connectivity index (χ0) is 27.9. The zero-order valence-corrected chi connectivity index (χ0v) is 22.5. The van der Waals surface area contributed by atoms with Gasteiger partial charge in [-0.3, -0.25) is 4.98 Å². The number of fused-ring (bicyclic) bond motifs is 4. The maximum atomic E-state index is 5.19. The number of aromatic nitrogens is 5. The standard InChI is InChI=1S/C37H23N5/c1-3-10-24(11-4-1)29-21-19-26-17-18-27-20-22-32(42-34(27)33(26)39-29)36-28(14-9-23-38-36)37-35(25-12-5-2-6-13-25)40-30-15-7-8-16-31(30)41-37/h1-23H. The lowest BCUT2D eigenvalue weighted by Gasteiger charge is -2.14. The van der Waals surface area contributed by atoms with Crippen molar-refractivity contribution in [1.82, 2.24) is 24.9 Å². The fraction of sp³-hybridized carbons (Fsp3) is 0. The van der Waals surface area contributed by atoms with Crippen LogP contribution in [-0.2, 0) is 0 Å². The van der Waals surface area contributed by atoms with Crippen LogP contribution in [0.25, 0.3) is 78.0 Å². The Morgan fingerprint density at radius 3 is 1.60 bits per heavy atom. The number of benzene rings is 4. The molecule has 4 aromatic heterocycles. The lowest BCUT2D eigenvalue weighted by molar-refractivity contribution is 1.24. The van der Waals surface area contributed by atoms with Crippen molar-refractivity contribution < 1.29 is 0 Å². The molecule has 4 aromatic carbocycles. The summed E-state index contributed by atoms with van der Waals surface area (Å²) in [5, 5.41) is 2.07. The minimum Gasteiger partial charge on any atom is -0.254 e. The van der Waals surface area contributed by atoms with Gasteiger partial charge in [0.1, 0.15) is 0 Å². The van der Waals surface area contributed by atoms with Gasteiger partial charge >= 0.3 is 0 Å². The van der Waals surface area contributed by atoms with Crippen LogP contribution < -0.4 is 0 Å². The molecule has 5 heteroatoms. The molecule has 0 unspecified atom stereocenters. The second-order valence-corrected chi connectivity index (χ2v) is 10.1. The van der Waals surface area contributed by atoms with Gasteiger partial charge in [0.05, 0.1) is 50.5 Å². The molecule has 0 atom stereocenters. The van der Waals surface area contributed by atoms with Gasteiger partial charge < -0.3 is 0 Å². The van der Waals surface area contributed by atoms with Gasteiger partial charge in [0.2, 0.25) is 0 Å². The van der Waals surface area contributed by atoms with Gasteiger partial charge in [0, 0.05) is 33.7 Å². The lowest BCUT2D eigenvalue weighted by atomic mass is 10.00. The van der Waals surface area contributed by atoms with E-state index >= 15 is 0 Å². The lowest BCUT2D eigenvalue weighted by Crippen LogP contribution is -1.99. The van der Waals surface area contributed by atoms with E-state index in [4.69, 9.17) is 24.9 Å². The average molecular weight is 538 g/mol. The summed E-state index contributed by atoms with van der Waals surface area (Å²) < 4.78 is 0. The number of rotatable bonds is 4. The first kappa shape index (κ1) is 24.0. The van der Waals surface area contributed by atoms with Gasteiger partial charge in [0.15, 0.2) is 0 Å². The highest BCUT2D eigenvalue weighted by Gasteiger charge is 2.19. The van der Waals surface area contributed by atoms with E-state index in [-0.39, 0.29) is 0 Å². The molecule has 0 spiro atoms. The predicted octanol–water partition coefficient (Wildman–Crippen LogP) is 8.79. The molecular formula is C37H23N5. The Labute approximate surface area is 242 Å². The quantitative estimate of drug-likeness (QED) is 0.210. The third-order valence-electron chi connectivity index (χ3n) is 7.51. The van der Waals surface area contributed by atoms with Crippen LogP contribution in [0.5, 0.6) is 0 Å². The Morgan fingerprint density at radius 2 is 0.905 bits per heavy atom. The highest BCUT2D eigenvalue weighted by molar-refractivity contribution is 6.04. The van der Waals surface area contributed by atoms with Crippen LogP contribution in [-0.4, -0.2) is 24.9 Å². The van der Waals surface area contributed by atoms with Gasteiger partial charge in [-0.1, -0.05) is 97.1 Å². The largest absolute Gasteiger partial charge is 0.254 e. The molecule has 8 aromatic rings. The van der Waals surface area contributed by atoms with Gasteiger partial charge in [-0.2, -0.15) is 0 Å². The van der Waals surface area contributed by atoms with Crippen LogP contribution in [0.3, 0.4) is 0 Å². The first-order valence-corrected chi connectivity index (χ1v) is 13.9. The van der Waals surface area contributed by atoms with Gasteiger partial charge in [0.25, 0.3) is 0 Å². The second kappa shape index (κ2) is 9.98. The molecule has 8 rings (SSSR count). The van der Waals surface area contributed by atoms with Crippen molar-refractivity contribution in [1.29, 1.82) is 0 Å². The van der Waals surface area contributed by atoms with Crippen LogP contribution >= 0.6 is 0 Å². The van der Waals surface area contributed by atoms with Crippen LogP contribution in [0, 0.1) is 0 Å². The molecule has 42 heavy (non-hydrogen) atoms. The van der Waals surface area contributed by atoms with Crippen molar-refractivity contribution in [3.05, 3.63) is 140 Å². The third-order valence-corrected chi connectivity index (χ3v) is 7.51. The Morgan fingerprint density at radius 1 is 0.357 bits per heavy atom. The first-order valence-electron chi connectivity index (χ1n) is 13.9. The maximum absolute atomic E-state index is 5.19. The summed E-state index contributed by atoms with van der Waals surface area (Å²) in [5.74, 6) is 0. The summed E-state index contributed by atoms with van der Waals surface area (Å²) in [6.07, 6.45) is 1.80. The molecule has 0 aliphatic carbocycles. The number of para-hydroxylation sites is 2. The summed E-state index contributed by atoms with van der Waals surface area (Å²) >= 11 is 0. The number of hydrogen-bond acceptors (Lipinski definition) is 5. The monoisotopic (exact) mass is 537 g/mol. The van der Waals surface area contributed by atoms with Crippen molar-refractivity contribution in [2.24, 2.45) is 0 Å². The molecule has 4 heterocycles. The van der Waals surface area contributed by atoms with E-state index in [0.717, 1.165) is 78.0 Å². The summed E-state index contributed by atoms with van der Waals surface area (Å²) in [7, 11) is 0. The topological polar surface area (TPSA) is 64.5 Å². The van der Waals surface area contributed by atoms with E-state index in [1.54, 1.807) is 6.20 Å². The molecule has 196 valence electrons. The van der Waals surface area contributed by atoms with Crippen LogP contribution in [0.4, 0.5) is 0 Å². The molecule has 5 nitrogen and oxygen atoms in total. The molecule has 0 bridgehead atoms. The van der Waals surface area contributed by atoms with Crippen LogP contribution in [0.2, 0.25) is 0 Å². The molecule has 0 radical (unpaired) electrons. The SMILES string of the molecule is c1ccc(-c2ccc3ccc4ccc(-c5ncccc5-c5nc6ccccc6nc5-c5ccccc5)nc4c3n2)cc1. The Balaban J connectivity index is 1.35. The van der Waals surface area contributed by atoms with Crippen LogP contribution in [0.15, 0.2) is 140 Å². The molecule has 0 amide bonds. The van der Waals surface area contributed by atoms with Crippen molar-refractivity contribution in [3.8, 4) is 45.2 Å². The summed E-state index contributed by atoms with van der Waals surface area (Å²) in [5.41, 5.74) is 10.3. The van der Waals surface area contributed by atoms with E-state index < -0.39 is 0 Å². The average Bonchev–Trinajstić information content (AvgIpc) is 3.08. The van der Waals surface area contributed by atoms with Crippen molar-refractivity contribution in [2.45, 2.75) is 0 Å². The third kappa shape index (κ3) is 4.16. The minimum atomic E-state index is 0.748. The molecule has 0 aliphatic heterocycles. The minimum absolute atomic E-state index is 0.748. The fourth-order valence-electron chi connectivity index (χ4n) is 5.45. The van der Waals surface area contributed by atoms with Gasteiger partial charge in [-0.15, -0.1) is 0 Å². The van der Waals surface area contributed by atoms with Crippen molar-refractivity contribution >= 4 is 32.8 Å². The van der Waals surface area contributed by atoms with E-state index in [1.807, 2.05) is 78.9 Å². The fourth-order valence-corrected chi connectivity index (χ4v) is 5.45. The number of pyridine rings is 3. The summed E-state index contributed by atoms with van der Waals surface area (Å²) in [6.45, 7) is 0. The second-order valence-electron chi connectivity index (χ2n) is 10.1. The Hall–Kier alpha value is -5.81. The highest BCUT2D eigenvalue weighted by Crippen LogP contribution is 2.36. The predicted molar refractivity (Wildman–Crippen MR) is 170 cm³/mol. The van der Waals surface area contributed by atoms with Crippen molar-refractivity contribution in [2.75, 3.05) is 0 Å². The van der Waals surface area contributed by atoms with Crippen molar-refractivity contribution in [3.63, 3.8) is 0 Å². The summed E-state index contributed by atoms with van der Waals surface area (Å²) in [6, 6.07) is 44.9. The molecule has 0 saturated carbocycles. The Bertz CT molecular complexity index is 2250. The van der Waals surface area contributed by atoms with E-state index in [9.17, 15) is 0 Å². The molecular weight excluding hydrogens is 514 g/mol. The number of nitrogens with zero attached hydrogens (tertiary/aromatic N) is 5. The van der Waals surface area contributed by atoms with Gasteiger partial charge in [-0.25, -0.2) is 19.9 Å². The maximum Gasteiger partial charge on any atom is 0.0995 e.